The summed E-state index contributed by atoms with van der Waals surface area (Å²) in [5, 5.41) is 13.6. The first-order chi connectivity index (χ1) is 14.5. The number of thioether (sulfide) groups is 2. The number of carbonyl (C=O) groups excluding carboxylic acids is 2. The van der Waals surface area contributed by atoms with Crippen molar-refractivity contribution in [1.82, 2.24) is 19.6 Å². The number of nitrogens with zero attached hydrogens (tertiary/aromatic N) is 3. The monoisotopic (exact) mass is 502 g/mol. The Morgan fingerprint density at radius 2 is 2.27 bits per heavy atom. The number of nitrogens with one attached hydrogen (secondary N) is 1. The van der Waals surface area contributed by atoms with Crippen molar-refractivity contribution in [2.75, 3.05) is 17.3 Å². The van der Waals surface area contributed by atoms with Gasteiger partial charge in [-0.25, -0.2) is 9.78 Å². The number of fused-ring (bicyclic) bond motifs is 1. The fraction of sp³-hybridized carbons (Fsp3) is 0.312. The number of carboxylic acids is 1. The lowest BCUT2D eigenvalue weighted by Crippen LogP contribution is -2.70. The van der Waals surface area contributed by atoms with E-state index >= 15 is 0 Å². The van der Waals surface area contributed by atoms with Crippen molar-refractivity contribution in [3.8, 4) is 0 Å². The molecule has 2 amide bonds. The van der Waals surface area contributed by atoms with Crippen LogP contribution in [0.15, 0.2) is 43.7 Å². The van der Waals surface area contributed by atoms with Crippen LogP contribution in [-0.4, -0.2) is 70.0 Å². The molecule has 30 heavy (non-hydrogen) atoms. The predicted molar refractivity (Wildman–Crippen MR) is 116 cm³/mol. The van der Waals surface area contributed by atoms with E-state index in [0.29, 0.717) is 21.3 Å². The van der Waals surface area contributed by atoms with Crippen molar-refractivity contribution in [2.45, 2.75) is 20.0 Å². The Kier molecular flexibility index (Phi) is 6.57. The normalized spacial score (nSPS) is 21.7. The van der Waals surface area contributed by atoms with Gasteiger partial charge in [-0.2, -0.15) is 4.37 Å². The molecular weight excluding hydrogens is 489 g/mol. The minimum atomic E-state index is -1.48. The van der Waals surface area contributed by atoms with Gasteiger partial charge in [-0.3, -0.25) is 18.7 Å². The molecule has 14 heteroatoms. The summed E-state index contributed by atoms with van der Waals surface area (Å²) in [6.07, 6.45) is 1.43. The van der Waals surface area contributed by atoms with Gasteiger partial charge in [0.05, 0.1) is 15.0 Å². The Morgan fingerprint density at radius 1 is 1.43 bits per heavy atom. The zero-order valence-corrected chi connectivity index (χ0v) is 19.1. The minimum Gasteiger partial charge on any atom is -0.477 e. The number of aromatic nitrogens is 2. The fourth-order valence-corrected chi connectivity index (χ4v) is 7.81. The van der Waals surface area contributed by atoms with Crippen LogP contribution >= 0.6 is 46.4 Å². The van der Waals surface area contributed by atoms with E-state index in [9.17, 15) is 23.7 Å². The lowest BCUT2D eigenvalue weighted by Gasteiger charge is -2.49. The van der Waals surface area contributed by atoms with Crippen LogP contribution in [-0.2, 0) is 25.2 Å². The summed E-state index contributed by atoms with van der Waals surface area (Å²) >= 11 is 5.29. The number of rotatable bonds is 8. The van der Waals surface area contributed by atoms with Gasteiger partial charge < -0.3 is 10.4 Å². The number of aliphatic carboxylic acids is 1. The number of carbonyl (C=O) groups is 3. The smallest absolute Gasteiger partial charge is 0.352 e. The minimum absolute atomic E-state index is 0.0339. The number of carboxylic acid groups (broad SMARTS) is 1. The van der Waals surface area contributed by atoms with Gasteiger partial charge >= 0.3 is 5.97 Å². The Bertz CT molecular complexity index is 1020. The average molecular weight is 503 g/mol. The second-order valence-corrected chi connectivity index (χ2v) is 11.9. The van der Waals surface area contributed by atoms with Gasteiger partial charge in [0.1, 0.15) is 29.2 Å². The highest BCUT2D eigenvalue weighted by molar-refractivity contribution is 8.01. The van der Waals surface area contributed by atoms with Gasteiger partial charge in [0.25, 0.3) is 5.91 Å². The fourth-order valence-electron chi connectivity index (χ4n) is 2.97. The van der Waals surface area contributed by atoms with Crippen LogP contribution < -0.4 is 5.32 Å². The molecule has 2 aliphatic heterocycles. The third-order valence-electron chi connectivity index (χ3n) is 4.26. The van der Waals surface area contributed by atoms with E-state index in [1.165, 1.54) is 57.6 Å². The molecule has 2 aromatic rings. The predicted octanol–water partition coefficient (Wildman–Crippen LogP) is 1.24. The molecule has 1 fully saturated rings. The topological polar surface area (TPSA) is 130 Å². The highest BCUT2D eigenvalue weighted by atomic mass is 32.2. The van der Waals surface area contributed by atoms with Gasteiger partial charge in [-0.15, -0.1) is 23.1 Å². The Morgan fingerprint density at radius 3 is 2.93 bits per heavy atom. The second kappa shape index (κ2) is 9.18. The average Bonchev–Trinajstić information content (AvgIpc) is 3.43. The van der Waals surface area contributed by atoms with Crippen LogP contribution in [0.5, 0.6) is 0 Å². The first-order valence-corrected chi connectivity index (χ1v) is 13.5. The maximum Gasteiger partial charge on any atom is 0.352 e. The third kappa shape index (κ3) is 4.32. The number of amides is 2. The number of β-lactam (4-membered cyclic amide) rings is 1. The van der Waals surface area contributed by atoms with Crippen molar-refractivity contribution in [1.29, 1.82) is 0 Å². The Hall–Kier alpha value is -1.74. The number of thiophene rings is 1. The molecule has 1 saturated heterocycles. The summed E-state index contributed by atoms with van der Waals surface area (Å²) in [5.41, 5.74) is 0.592. The Balaban J connectivity index is 1.41. The molecule has 2 aromatic heterocycles. The van der Waals surface area contributed by atoms with Gasteiger partial charge in [-0.1, -0.05) is 17.8 Å². The molecule has 4 heterocycles. The van der Waals surface area contributed by atoms with Gasteiger partial charge in [-0.05, 0) is 28.6 Å². The van der Waals surface area contributed by atoms with Crippen LogP contribution in [0.3, 0.4) is 0 Å². The van der Waals surface area contributed by atoms with Crippen LogP contribution in [0, 0.1) is 0 Å². The third-order valence-corrected chi connectivity index (χ3v) is 10.1. The maximum absolute atomic E-state index is 12.6. The molecule has 2 unspecified atom stereocenters. The molecule has 0 bridgehead atoms. The Labute approximate surface area is 190 Å². The summed E-state index contributed by atoms with van der Waals surface area (Å²) in [6.45, 7) is 0. The van der Waals surface area contributed by atoms with E-state index in [1.807, 2.05) is 0 Å². The van der Waals surface area contributed by atoms with Gasteiger partial charge in [0.2, 0.25) is 5.91 Å². The van der Waals surface area contributed by atoms with Crippen molar-refractivity contribution in [3.63, 3.8) is 0 Å². The quantitative estimate of drug-likeness (QED) is 0.404. The largest absolute Gasteiger partial charge is 0.477 e. The number of hydrogen-bond donors (Lipinski definition) is 2. The molecule has 0 radical (unpaired) electrons. The van der Waals surface area contributed by atoms with E-state index in [-0.39, 0.29) is 11.4 Å². The molecule has 0 spiro atoms. The molecule has 0 saturated carbocycles. The van der Waals surface area contributed by atoms with E-state index in [1.54, 1.807) is 17.5 Å². The standard InChI is InChI=1S/C16H14N4O5S5/c21-9(6-30(25)10-2-1-3-26-10)19-11-13(22)20-12(15(23)24)8(4-27-14(11)20)5-28-16-17-7-18-29-16/h1-3,7,11,14H,4-6H2,(H,19,21)(H,23,24)/t11?,14-,30?/m0/s1. The van der Waals surface area contributed by atoms with Crippen molar-refractivity contribution < 1.29 is 23.7 Å². The van der Waals surface area contributed by atoms with Crippen LogP contribution in [0.25, 0.3) is 0 Å². The van der Waals surface area contributed by atoms with Crippen LogP contribution in [0.4, 0.5) is 0 Å². The molecule has 4 rings (SSSR count). The van der Waals surface area contributed by atoms with Crippen molar-refractivity contribution in [2.24, 2.45) is 0 Å². The van der Waals surface area contributed by atoms with E-state index < -0.39 is 40.0 Å². The molecule has 2 N–H and O–H groups in total. The SMILES string of the molecule is O=C(CS(=O)c1cccs1)NC1C(=O)N2C(C(=O)O)=C(CSc3ncns3)CS[C@@H]12. The molecule has 3 atom stereocenters. The highest BCUT2D eigenvalue weighted by Gasteiger charge is 2.54. The summed E-state index contributed by atoms with van der Waals surface area (Å²) in [7, 11) is -1.48. The zero-order valence-electron chi connectivity index (χ0n) is 15.0. The molecular formula is C16H14N4O5S5. The highest BCUT2D eigenvalue weighted by Crippen LogP contribution is 2.41. The maximum atomic E-state index is 12.6. The molecule has 9 nitrogen and oxygen atoms in total. The zero-order chi connectivity index (χ0) is 21.3. The molecule has 2 aliphatic rings. The van der Waals surface area contributed by atoms with Gasteiger partial charge in [0.15, 0.2) is 4.34 Å². The van der Waals surface area contributed by atoms with E-state index in [4.69, 9.17) is 0 Å². The summed E-state index contributed by atoms with van der Waals surface area (Å²) in [5.74, 6) is -1.58. The van der Waals surface area contributed by atoms with Crippen LogP contribution in [0.1, 0.15) is 0 Å². The lowest BCUT2D eigenvalue weighted by atomic mass is 10.0. The van der Waals surface area contributed by atoms with Crippen LogP contribution in [0.2, 0.25) is 0 Å². The first kappa shape index (κ1) is 21.5. The van der Waals surface area contributed by atoms with Gasteiger partial charge in [0, 0.05) is 11.5 Å². The summed E-state index contributed by atoms with van der Waals surface area (Å²) in [4.78, 5) is 42.0. The molecule has 0 aromatic carbocycles. The number of hydrogen-bond acceptors (Lipinski definition) is 10. The van der Waals surface area contributed by atoms with E-state index in [2.05, 4.69) is 14.7 Å². The van der Waals surface area contributed by atoms with Crippen molar-refractivity contribution in [3.05, 3.63) is 35.1 Å². The summed E-state index contributed by atoms with van der Waals surface area (Å²) in [6, 6.07) is 2.61. The lowest BCUT2D eigenvalue weighted by molar-refractivity contribution is -0.150. The van der Waals surface area contributed by atoms with Crippen molar-refractivity contribution >= 4 is 75.0 Å². The summed E-state index contributed by atoms with van der Waals surface area (Å²) < 4.78 is 17.4. The first-order valence-electron chi connectivity index (χ1n) is 8.46. The van der Waals surface area contributed by atoms with E-state index in [0.717, 1.165) is 4.34 Å². The second-order valence-electron chi connectivity index (χ2n) is 6.13. The molecule has 0 aliphatic carbocycles. The molecule has 158 valence electrons.